The fourth-order valence-corrected chi connectivity index (χ4v) is 1.98. The molecule has 2 N–H and O–H groups in total. The molecular formula is C15H21N5O4. The zero-order valence-corrected chi connectivity index (χ0v) is 14.4. The van der Waals surface area contributed by atoms with Gasteiger partial charge in [0, 0.05) is 13.1 Å². The maximum Gasteiger partial charge on any atom is 0.415 e. The molecule has 9 nitrogen and oxygen atoms in total. The molecule has 0 radical (unpaired) electrons. The lowest BCUT2D eigenvalue weighted by Crippen LogP contribution is -2.35. The molecule has 9 heteroatoms. The van der Waals surface area contributed by atoms with Crippen LogP contribution >= 0.6 is 0 Å². The Balaban J connectivity index is 2.48. The molecule has 2 aromatic rings. The van der Waals surface area contributed by atoms with Gasteiger partial charge in [-0.25, -0.2) is 14.6 Å². The number of ether oxygens (including phenoxy) is 2. The average Bonchev–Trinajstić information content (AvgIpc) is 2.87. The molecule has 0 fully saturated rings. The van der Waals surface area contributed by atoms with Crippen LogP contribution in [0.15, 0.2) is 12.3 Å². The van der Waals surface area contributed by atoms with Gasteiger partial charge in [0.2, 0.25) is 0 Å². The third-order valence-electron chi connectivity index (χ3n) is 2.98. The lowest BCUT2D eigenvalue weighted by molar-refractivity contribution is 0.0527. The second-order valence-electron chi connectivity index (χ2n) is 6.09. The lowest BCUT2D eigenvalue weighted by Gasteiger charge is -2.24. The van der Waals surface area contributed by atoms with Gasteiger partial charge in [0.25, 0.3) is 0 Å². The van der Waals surface area contributed by atoms with Gasteiger partial charge in [-0.2, -0.15) is 9.61 Å². The summed E-state index contributed by atoms with van der Waals surface area (Å²) in [5.41, 5.74) is 5.54. The van der Waals surface area contributed by atoms with Crippen LogP contribution in [0.4, 0.5) is 16.4 Å². The minimum atomic E-state index is -0.650. The first kappa shape index (κ1) is 17.5. The Morgan fingerprint density at radius 1 is 1.38 bits per heavy atom. The predicted molar refractivity (Wildman–Crippen MR) is 88.0 cm³/mol. The van der Waals surface area contributed by atoms with E-state index in [1.165, 1.54) is 28.7 Å². The summed E-state index contributed by atoms with van der Waals surface area (Å²) in [4.78, 5) is 29.6. The Morgan fingerprint density at radius 2 is 2.04 bits per heavy atom. The van der Waals surface area contributed by atoms with E-state index >= 15 is 0 Å². The summed E-state index contributed by atoms with van der Waals surface area (Å²) in [6, 6.07) is 1.47. The van der Waals surface area contributed by atoms with Crippen LogP contribution in [0, 0.1) is 0 Å². The van der Waals surface area contributed by atoms with Crippen molar-refractivity contribution in [2.75, 3.05) is 24.3 Å². The first-order chi connectivity index (χ1) is 11.1. The van der Waals surface area contributed by atoms with Crippen LogP contribution in [0.5, 0.6) is 0 Å². The molecule has 130 valence electrons. The zero-order valence-electron chi connectivity index (χ0n) is 14.4. The number of hydrogen-bond acceptors (Lipinski definition) is 7. The number of nitrogens with zero attached hydrogens (tertiary/aromatic N) is 4. The zero-order chi connectivity index (χ0) is 18.1. The maximum atomic E-state index is 12.3. The monoisotopic (exact) mass is 335 g/mol. The van der Waals surface area contributed by atoms with Crippen molar-refractivity contribution in [1.82, 2.24) is 14.6 Å². The lowest BCUT2D eigenvalue weighted by atomic mass is 10.2. The number of hydrogen-bond donors (Lipinski definition) is 1. The highest BCUT2D eigenvalue weighted by Crippen LogP contribution is 2.22. The summed E-state index contributed by atoms with van der Waals surface area (Å²) in [6.45, 7) is 7.22. The molecule has 0 aliphatic carbocycles. The van der Waals surface area contributed by atoms with E-state index in [1.807, 2.05) is 0 Å². The molecule has 0 aromatic carbocycles. The van der Waals surface area contributed by atoms with Gasteiger partial charge in [-0.3, -0.25) is 4.90 Å². The first-order valence-corrected chi connectivity index (χ1v) is 7.42. The number of carbonyl (C=O) groups is 2. The predicted octanol–water partition coefficient (Wildman–Crippen LogP) is 1.86. The number of carbonyl (C=O) groups excluding carboxylic acids is 2. The Labute approximate surface area is 139 Å². The number of fused-ring (bicyclic) bond motifs is 1. The standard InChI is InChI=1S/C15H21N5O4/c1-6-23-13(21)9-8-17-20-11(7-10(16)18-12(9)20)19(5)14(22)24-15(2,3)4/h7-8H,6H2,1-5H3,(H2,16,18). The van der Waals surface area contributed by atoms with Crippen LogP contribution < -0.4 is 10.6 Å². The fraction of sp³-hybridized carbons (Fsp3) is 0.467. The number of nitrogen functional groups attached to an aromatic ring is 1. The Morgan fingerprint density at radius 3 is 2.62 bits per heavy atom. The summed E-state index contributed by atoms with van der Waals surface area (Å²) in [7, 11) is 1.52. The van der Waals surface area contributed by atoms with E-state index < -0.39 is 17.7 Å². The van der Waals surface area contributed by atoms with Crippen LogP contribution in [0.25, 0.3) is 5.65 Å². The van der Waals surface area contributed by atoms with Gasteiger partial charge in [0.1, 0.15) is 22.8 Å². The molecule has 0 saturated heterocycles. The second-order valence-corrected chi connectivity index (χ2v) is 6.09. The summed E-state index contributed by atoms with van der Waals surface area (Å²) < 4.78 is 11.6. The van der Waals surface area contributed by atoms with Crippen LogP contribution in [0.3, 0.4) is 0 Å². The van der Waals surface area contributed by atoms with Gasteiger partial charge in [0.05, 0.1) is 12.8 Å². The summed E-state index contributed by atoms with van der Waals surface area (Å²) >= 11 is 0. The Hall–Kier alpha value is -2.84. The van der Waals surface area contributed by atoms with E-state index in [1.54, 1.807) is 27.7 Å². The van der Waals surface area contributed by atoms with E-state index in [2.05, 4.69) is 10.1 Å². The smallest absolute Gasteiger partial charge is 0.415 e. The highest BCUT2D eigenvalue weighted by molar-refractivity contribution is 5.96. The molecule has 0 unspecified atom stereocenters. The van der Waals surface area contributed by atoms with Gasteiger partial charge >= 0.3 is 12.1 Å². The number of rotatable bonds is 3. The molecule has 2 heterocycles. The van der Waals surface area contributed by atoms with E-state index in [9.17, 15) is 9.59 Å². The largest absolute Gasteiger partial charge is 0.462 e. The highest BCUT2D eigenvalue weighted by Gasteiger charge is 2.25. The van der Waals surface area contributed by atoms with Gasteiger partial charge < -0.3 is 15.2 Å². The van der Waals surface area contributed by atoms with Crippen molar-refractivity contribution in [1.29, 1.82) is 0 Å². The van der Waals surface area contributed by atoms with Crippen molar-refractivity contribution < 1.29 is 19.1 Å². The molecule has 0 aliphatic heterocycles. The number of esters is 1. The molecule has 1 amide bonds. The second kappa shape index (κ2) is 6.34. The molecule has 24 heavy (non-hydrogen) atoms. The van der Waals surface area contributed by atoms with Gasteiger partial charge in [-0.1, -0.05) is 0 Å². The van der Waals surface area contributed by atoms with Crippen molar-refractivity contribution in [2.45, 2.75) is 33.3 Å². The van der Waals surface area contributed by atoms with Gasteiger partial charge in [-0.15, -0.1) is 0 Å². The topological polar surface area (TPSA) is 112 Å². The van der Waals surface area contributed by atoms with Crippen LogP contribution in [0.2, 0.25) is 0 Å². The first-order valence-electron chi connectivity index (χ1n) is 7.42. The summed E-state index contributed by atoms with van der Waals surface area (Å²) in [6.07, 6.45) is 0.745. The van der Waals surface area contributed by atoms with Gasteiger partial charge in [-0.05, 0) is 27.7 Å². The average molecular weight is 335 g/mol. The number of anilines is 2. The fourth-order valence-electron chi connectivity index (χ4n) is 1.98. The summed E-state index contributed by atoms with van der Waals surface area (Å²) in [5, 5.41) is 4.11. The SMILES string of the molecule is CCOC(=O)c1cnn2c(N(C)C(=O)OC(C)(C)C)cc(N)nc12. The number of nitrogens with two attached hydrogens (primary N) is 1. The van der Waals surface area contributed by atoms with Crippen molar-refractivity contribution in [3.8, 4) is 0 Å². The Bertz CT molecular complexity index is 778. The molecular weight excluding hydrogens is 314 g/mol. The van der Waals surface area contributed by atoms with Crippen LogP contribution in [-0.4, -0.2) is 45.9 Å². The van der Waals surface area contributed by atoms with Crippen LogP contribution in [-0.2, 0) is 9.47 Å². The van der Waals surface area contributed by atoms with Crippen molar-refractivity contribution in [3.05, 3.63) is 17.8 Å². The summed E-state index contributed by atoms with van der Waals surface area (Å²) in [5.74, 6) is -0.0993. The van der Waals surface area contributed by atoms with E-state index in [0.717, 1.165) is 0 Å². The van der Waals surface area contributed by atoms with Crippen LogP contribution in [0.1, 0.15) is 38.1 Å². The van der Waals surface area contributed by atoms with Crippen molar-refractivity contribution in [2.24, 2.45) is 0 Å². The Kier molecular flexibility index (Phi) is 4.63. The molecule has 2 rings (SSSR count). The number of amides is 1. The normalized spacial score (nSPS) is 11.4. The molecule has 0 bridgehead atoms. The third kappa shape index (κ3) is 3.55. The number of aromatic nitrogens is 3. The van der Waals surface area contributed by atoms with Crippen molar-refractivity contribution >= 4 is 29.3 Å². The van der Waals surface area contributed by atoms with Crippen molar-refractivity contribution in [3.63, 3.8) is 0 Å². The molecule has 2 aromatic heterocycles. The third-order valence-corrected chi connectivity index (χ3v) is 2.98. The van der Waals surface area contributed by atoms with E-state index in [-0.39, 0.29) is 23.6 Å². The molecule has 0 saturated carbocycles. The minimum Gasteiger partial charge on any atom is -0.462 e. The van der Waals surface area contributed by atoms with Gasteiger partial charge in [0.15, 0.2) is 5.65 Å². The quantitative estimate of drug-likeness (QED) is 0.852. The molecule has 0 aliphatic rings. The van der Waals surface area contributed by atoms with E-state index in [4.69, 9.17) is 15.2 Å². The molecule has 0 spiro atoms. The van der Waals surface area contributed by atoms with E-state index in [0.29, 0.717) is 5.82 Å². The minimum absolute atomic E-state index is 0.138. The molecule has 0 atom stereocenters. The maximum absolute atomic E-state index is 12.3. The highest BCUT2D eigenvalue weighted by atomic mass is 16.6.